The number of rotatable bonds is 3. The number of allylic oxidation sites excluding steroid dienone is 4. The number of hydrogen-bond acceptors (Lipinski definition) is 1. The third-order valence-corrected chi connectivity index (χ3v) is 20.0. The van der Waals surface area contributed by atoms with Crippen LogP contribution in [0.15, 0.2) is 23.4 Å². The summed E-state index contributed by atoms with van der Waals surface area (Å²) in [4.78, 5) is 12.6. The molecule has 0 bridgehead atoms. The Bertz CT molecular complexity index is 368. The predicted octanol–water partition coefficient (Wildman–Crippen LogP) is 3.79. The van der Waals surface area contributed by atoms with Gasteiger partial charge in [0.1, 0.15) is 0 Å². The molecule has 1 rings (SSSR count). The molecule has 1 atom stereocenters. The van der Waals surface area contributed by atoms with Crippen molar-refractivity contribution < 1.29 is 21.9 Å². The molecule has 0 fully saturated rings. The van der Waals surface area contributed by atoms with Gasteiger partial charge >= 0.3 is 112 Å². The van der Waals surface area contributed by atoms with E-state index < -0.39 is 23.1 Å². The standard InChI is InChI=1S/C11H18NOSi.2CH3.Ti/c1-11(2,3)12-10(13)14(4)9-7-5-6-8-9;;;/h5-7H,8H2,1-4H3,(H,12,13);2*1H3;. The van der Waals surface area contributed by atoms with Crippen molar-refractivity contribution in [1.82, 2.24) is 5.32 Å². The molecule has 1 amide bonds. The van der Waals surface area contributed by atoms with Gasteiger partial charge in [-0.3, -0.25) is 0 Å². The SMILES string of the molecule is [CH3][Ti]([CH3])[Si](C)(C(=O)NC(C)(C)C)C1=CC=CC1. The molecule has 0 aromatic heterocycles. The van der Waals surface area contributed by atoms with Gasteiger partial charge in [0.2, 0.25) is 0 Å². The Labute approximate surface area is 112 Å². The second-order valence-corrected chi connectivity index (χ2v) is 21.4. The van der Waals surface area contributed by atoms with Crippen LogP contribution in [0.2, 0.25) is 17.0 Å². The van der Waals surface area contributed by atoms with Crippen LogP contribution in [0.3, 0.4) is 0 Å². The molecule has 1 aliphatic carbocycles. The van der Waals surface area contributed by atoms with Gasteiger partial charge in [0.15, 0.2) is 0 Å². The van der Waals surface area contributed by atoms with Gasteiger partial charge in [-0.25, -0.2) is 0 Å². The summed E-state index contributed by atoms with van der Waals surface area (Å²) >= 11 is -1.26. The summed E-state index contributed by atoms with van der Waals surface area (Å²) in [7, 11) is 0. The molecule has 1 unspecified atom stereocenters. The van der Waals surface area contributed by atoms with Gasteiger partial charge in [0.25, 0.3) is 0 Å². The van der Waals surface area contributed by atoms with Crippen LogP contribution in [0.5, 0.6) is 0 Å². The molecule has 1 N–H and O–H groups in total. The molecule has 17 heavy (non-hydrogen) atoms. The zero-order chi connectivity index (χ0) is 13.3. The van der Waals surface area contributed by atoms with Crippen LogP contribution in [0.4, 0.5) is 4.79 Å². The first kappa shape index (κ1) is 14.9. The predicted molar refractivity (Wildman–Crippen MR) is 73.5 cm³/mol. The minimum atomic E-state index is -1.89. The second kappa shape index (κ2) is 5.25. The maximum atomic E-state index is 12.6. The Balaban J connectivity index is 2.97. The molecule has 0 saturated carbocycles. The Kier molecular flexibility index (Phi) is 4.61. The third kappa shape index (κ3) is 3.43. The summed E-state index contributed by atoms with van der Waals surface area (Å²) in [6, 6.07) is 0. The van der Waals surface area contributed by atoms with Gasteiger partial charge in [-0.1, -0.05) is 0 Å². The van der Waals surface area contributed by atoms with Crippen molar-refractivity contribution in [3.8, 4) is 0 Å². The van der Waals surface area contributed by atoms with E-state index in [0.717, 1.165) is 6.42 Å². The molecule has 0 spiro atoms. The van der Waals surface area contributed by atoms with Crippen molar-refractivity contribution in [2.24, 2.45) is 0 Å². The summed E-state index contributed by atoms with van der Waals surface area (Å²) in [5, 5.41) is 9.33. The van der Waals surface area contributed by atoms with Crippen molar-refractivity contribution >= 4 is 11.5 Å². The zero-order valence-electron chi connectivity index (χ0n) is 11.8. The molecule has 0 aromatic carbocycles. The summed E-state index contributed by atoms with van der Waals surface area (Å²) in [6.45, 7) is 8.45. The summed E-state index contributed by atoms with van der Waals surface area (Å²) in [5.41, 5.74) is 0.228. The number of hydrogen-bond donors (Lipinski definition) is 1. The molecule has 0 heterocycles. The quantitative estimate of drug-likeness (QED) is 0.786. The molecule has 0 saturated heterocycles. The van der Waals surface area contributed by atoms with Crippen LogP contribution in [-0.2, 0) is 17.1 Å². The molecule has 4 heteroatoms. The molecular weight excluding hydrogens is 262 g/mol. The Hall–Kier alpha value is -0.119. The van der Waals surface area contributed by atoms with E-state index in [4.69, 9.17) is 0 Å². The fraction of sp³-hybridized carbons (Fsp3) is 0.615. The van der Waals surface area contributed by atoms with Crippen molar-refractivity contribution in [2.75, 3.05) is 0 Å². The van der Waals surface area contributed by atoms with E-state index in [2.05, 4.69) is 61.3 Å². The van der Waals surface area contributed by atoms with Gasteiger partial charge in [0.05, 0.1) is 0 Å². The molecule has 0 aromatic rings. The average Bonchev–Trinajstić information content (AvgIpc) is 2.65. The fourth-order valence-corrected chi connectivity index (χ4v) is 11.2. The van der Waals surface area contributed by atoms with Crippen molar-refractivity contribution in [3.63, 3.8) is 0 Å². The zero-order valence-corrected chi connectivity index (χ0v) is 14.4. The van der Waals surface area contributed by atoms with Gasteiger partial charge in [0, 0.05) is 0 Å². The van der Waals surface area contributed by atoms with E-state index in [0.29, 0.717) is 5.53 Å². The van der Waals surface area contributed by atoms with Crippen LogP contribution in [-0.4, -0.2) is 17.0 Å². The van der Waals surface area contributed by atoms with Crippen LogP contribution < -0.4 is 5.32 Å². The van der Waals surface area contributed by atoms with Crippen LogP contribution in [0, 0.1) is 0 Å². The topological polar surface area (TPSA) is 29.1 Å². The van der Waals surface area contributed by atoms with E-state index in [-0.39, 0.29) is 5.54 Å². The van der Waals surface area contributed by atoms with Crippen LogP contribution >= 0.6 is 0 Å². The van der Waals surface area contributed by atoms with E-state index in [1.54, 1.807) is 0 Å². The summed E-state index contributed by atoms with van der Waals surface area (Å²) in [5.74, 6) is -1.89. The minimum absolute atomic E-state index is 0.119. The Morgan fingerprint density at radius 2 is 2.00 bits per heavy atom. The molecule has 1 aliphatic rings. The van der Waals surface area contributed by atoms with Gasteiger partial charge in [-0.05, 0) is 0 Å². The first-order chi connectivity index (χ1) is 7.68. The maximum absolute atomic E-state index is 12.6. The number of nitrogens with one attached hydrogen (secondary N) is 1. The number of carbonyl (C=O) groups excluding carboxylic acids is 1. The first-order valence-electron chi connectivity index (χ1n) is 6.17. The fourth-order valence-electron chi connectivity index (χ4n) is 1.98. The molecule has 2 nitrogen and oxygen atoms in total. The number of carbonyl (C=O) groups is 1. The van der Waals surface area contributed by atoms with Gasteiger partial charge in [-0.2, -0.15) is 0 Å². The Morgan fingerprint density at radius 3 is 2.35 bits per heavy atom. The average molecular weight is 286 g/mol. The monoisotopic (exact) mass is 286 g/mol. The third-order valence-electron chi connectivity index (χ3n) is 3.36. The Morgan fingerprint density at radius 1 is 1.41 bits per heavy atom. The second-order valence-electron chi connectivity index (χ2n) is 6.15. The van der Waals surface area contributed by atoms with Crippen LogP contribution in [0.25, 0.3) is 0 Å². The van der Waals surface area contributed by atoms with E-state index in [1.165, 1.54) is 5.20 Å². The van der Waals surface area contributed by atoms with Gasteiger partial charge < -0.3 is 0 Å². The van der Waals surface area contributed by atoms with Crippen molar-refractivity contribution in [2.45, 2.75) is 49.7 Å². The summed E-state index contributed by atoms with van der Waals surface area (Å²) < 4.78 is 0. The molecule has 0 aliphatic heterocycles. The van der Waals surface area contributed by atoms with Crippen molar-refractivity contribution in [3.05, 3.63) is 23.4 Å². The van der Waals surface area contributed by atoms with E-state index >= 15 is 0 Å². The normalized spacial score (nSPS) is 18.6. The molecular formula is C13H24NOSiTi. The van der Waals surface area contributed by atoms with E-state index in [1.807, 2.05) is 0 Å². The van der Waals surface area contributed by atoms with E-state index in [9.17, 15) is 4.79 Å². The summed E-state index contributed by atoms with van der Waals surface area (Å²) in [6.07, 6.45) is 7.46. The molecule has 95 valence electrons. The number of amides is 1. The first-order valence-corrected chi connectivity index (χ1v) is 14.1. The van der Waals surface area contributed by atoms with Gasteiger partial charge in [-0.15, -0.1) is 0 Å². The van der Waals surface area contributed by atoms with Crippen molar-refractivity contribution in [1.29, 1.82) is 0 Å². The molecule has 0 radical (unpaired) electrons. The van der Waals surface area contributed by atoms with Crippen LogP contribution in [0.1, 0.15) is 27.2 Å².